The van der Waals surface area contributed by atoms with E-state index in [9.17, 15) is 9.90 Å². The lowest BCUT2D eigenvalue weighted by atomic mass is 9.76. The van der Waals surface area contributed by atoms with Crippen LogP contribution < -0.4 is 0 Å². The molecule has 6 heteroatoms. The second-order valence-corrected chi connectivity index (χ2v) is 9.66. The minimum Gasteiger partial charge on any atom is -0.396 e. The average molecular weight is 407 g/mol. The molecule has 1 saturated carbocycles. The van der Waals surface area contributed by atoms with Gasteiger partial charge in [0, 0.05) is 36.1 Å². The fourth-order valence-corrected chi connectivity index (χ4v) is 6.22. The minimum absolute atomic E-state index is 0.0877. The molecule has 1 saturated heterocycles. The third-order valence-corrected chi connectivity index (χ3v) is 7.65. The van der Waals surface area contributed by atoms with E-state index in [0.29, 0.717) is 23.9 Å². The second-order valence-electron chi connectivity index (χ2n) is 8.16. The van der Waals surface area contributed by atoms with Crippen molar-refractivity contribution >= 4 is 39.1 Å². The molecule has 2 aliphatic rings. The molecule has 0 spiro atoms. The van der Waals surface area contributed by atoms with Crippen LogP contribution in [0.3, 0.4) is 0 Å². The first kappa shape index (κ1) is 19.2. The number of aliphatic hydroxyl groups is 1. The maximum atomic E-state index is 13.2. The molecule has 1 aliphatic carbocycles. The first-order valence-corrected chi connectivity index (χ1v) is 11.2. The number of benzene rings is 1. The molecule has 2 fully saturated rings. The standard InChI is InChI=1S/C21H27ClN2O2S/c1-13(21-23-18-6-5-15(22)12-19(18)27-21)9-20(26)24-16-4-2-3-14(10-16)11-17(24)7-8-25/h5-6,12-14,16-17,25H,2-4,7-11H2,1H3. The van der Waals surface area contributed by atoms with Gasteiger partial charge < -0.3 is 10.0 Å². The lowest BCUT2D eigenvalue weighted by Gasteiger charge is -2.48. The Kier molecular flexibility index (Phi) is 5.72. The minimum atomic E-state index is 0.0877. The van der Waals surface area contributed by atoms with E-state index < -0.39 is 0 Å². The van der Waals surface area contributed by atoms with Gasteiger partial charge in [-0.3, -0.25) is 4.79 Å². The Morgan fingerprint density at radius 2 is 2.26 bits per heavy atom. The van der Waals surface area contributed by atoms with Gasteiger partial charge in [0.1, 0.15) is 0 Å². The van der Waals surface area contributed by atoms with E-state index in [1.54, 1.807) is 11.3 Å². The third-order valence-electron chi connectivity index (χ3n) is 6.17. The quantitative estimate of drug-likeness (QED) is 0.761. The van der Waals surface area contributed by atoms with Gasteiger partial charge in [0.25, 0.3) is 0 Å². The van der Waals surface area contributed by atoms with Crippen LogP contribution in [0.4, 0.5) is 0 Å². The van der Waals surface area contributed by atoms with Gasteiger partial charge in [-0.05, 0) is 49.8 Å². The summed E-state index contributed by atoms with van der Waals surface area (Å²) in [6, 6.07) is 6.30. The van der Waals surface area contributed by atoms with Gasteiger partial charge in [-0.15, -0.1) is 11.3 Å². The highest BCUT2D eigenvalue weighted by atomic mass is 35.5. The smallest absolute Gasteiger partial charge is 0.223 e. The van der Waals surface area contributed by atoms with Crippen LogP contribution in [0, 0.1) is 5.92 Å². The Morgan fingerprint density at radius 1 is 1.41 bits per heavy atom. The molecule has 1 N–H and O–H groups in total. The van der Waals surface area contributed by atoms with E-state index in [2.05, 4.69) is 11.8 Å². The van der Waals surface area contributed by atoms with Crippen LogP contribution in [-0.2, 0) is 4.79 Å². The van der Waals surface area contributed by atoms with Crippen LogP contribution in [0.2, 0.25) is 5.02 Å². The van der Waals surface area contributed by atoms with E-state index in [1.165, 1.54) is 12.8 Å². The zero-order valence-corrected chi connectivity index (χ0v) is 17.3. The second kappa shape index (κ2) is 8.06. The lowest BCUT2D eigenvalue weighted by Crippen LogP contribution is -2.54. The number of hydrogen-bond donors (Lipinski definition) is 1. The summed E-state index contributed by atoms with van der Waals surface area (Å²) in [7, 11) is 0. The highest BCUT2D eigenvalue weighted by Gasteiger charge is 2.40. The van der Waals surface area contributed by atoms with Crippen LogP contribution in [0.1, 0.15) is 62.8 Å². The van der Waals surface area contributed by atoms with Crippen molar-refractivity contribution in [3.05, 3.63) is 28.2 Å². The maximum absolute atomic E-state index is 13.2. The Bertz CT molecular complexity index is 824. The van der Waals surface area contributed by atoms with Gasteiger partial charge in [0.05, 0.1) is 15.2 Å². The summed E-state index contributed by atoms with van der Waals surface area (Å²) >= 11 is 7.72. The molecular formula is C21H27ClN2O2S. The van der Waals surface area contributed by atoms with Crippen molar-refractivity contribution in [2.24, 2.45) is 5.92 Å². The molecule has 2 bridgehead atoms. The molecule has 1 aromatic heterocycles. The Hall–Kier alpha value is -1.17. The Balaban J connectivity index is 1.50. The normalized spacial score (nSPS) is 26.3. The van der Waals surface area contributed by atoms with Gasteiger partial charge in [-0.2, -0.15) is 0 Å². The molecule has 4 nitrogen and oxygen atoms in total. The summed E-state index contributed by atoms with van der Waals surface area (Å²) < 4.78 is 1.07. The summed E-state index contributed by atoms with van der Waals surface area (Å²) in [5.41, 5.74) is 0.949. The molecule has 1 amide bonds. The largest absolute Gasteiger partial charge is 0.396 e. The van der Waals surface area contributed by atoms with E-state index in [-0.39, 0.29) is 24.5 Å². The average Bonchev–Trinajstić information content (AvgIpc) is 3.05. The molecule has 2 heterocycles. The van der Waals surface area contributed by atoms with Gasteiger partial charge in [0.2, 0.25) is 5.91 Å². The molecule has 1 aliphatic heterocycles. The highest BCUT2D eigenvalue weighted by molar-refractivity contribution is 7.18. The fourth-order valence-electron chi connectivity index (χ4n) is 4.92. The number of carbonyl (C=O) groups is 1. The van der Waals surface area contributed by atoms with Crippen LogP contribution >= 0.6 is 22.9 Å². The van der Waals surface area contributed by atoms with Crippen molar-refractivity contribution in [1.82, 2.24) is 9.88 Å². The molecular weight excluding hydrogens is 380 g/mol. The summed E-state index contributed by atoms with van der Waals surface area (Å²) in [6.07, 6.45) is 6.99. The number of likely N-dealkylation sites (tertiary alicyclic amines) is 1. The number of amides is 1. The van der Waals surface area contributed by atoms with Gasteiger partial charge in [-0.25, -0.2) is 4.98 Å². The van der Waals surface area contributed by atoms with Crippen molar-refractivity contribution in [3.8, 4) is 0 Å². The van der Waals surface area contributed by atoms with Crippen molar-refractivity contribution in [2.45, 2.75) is 69.9 Å². The van der Waals surface area contributed by atoms with Crippen molar-refractivity contribution in [3.63, 3.8) is 0 Å². The summed E-state index contributed by atoms with van der Waals surface area (Å²) in [4.78, 5) is 20.1. The summed E-state index contributed by atoms with van der Waals surface area (Å²) in [5, 5.41) is 11.2. The number of piperidine rings is 1. The number of halogens is 1. The van der Waals surface area contributed by atoms with Crippen molar-refractivity contribution < 1.29 is 9.90 Å². The molecule has 27 heavy (non-hydrogen) atoms. The zero-order valence-electron chi connectivity index (χ0n) is 15.7. The molecule has 4 unspecified atom stereocenters. The zero-order chi connectivity index (χ0) is 19.0. The fraction of sp³-hybridized carbons (Fsp3) is 0.619. The lowest BCUT2D eigenvalue weighted by molar-refractivity contribution is -0.142. The highest BCUT2D eigenvalue weighted by Crippen LogP contribution is 2.40. The van der Waals surface area contributed by atoms with E-state index in [4.69, 9.17) is 16.6 Å². The van der Waals surface area contributed by atoms with E-state index in [1.807, 2.05) is 18.2 Å². The maximum Gasteiger partial charge on any atom is 0.223 e. The summed E-state index contributed by atoms with van der Waals surface area (Å²) in [6.45, 7) is 2.24. The number of hydrogen-bond acceptors (Lipinski definition) is 4. The molecule has 1 aromatic carbocycles. The number of aromatic nitrogens is 1. The van der Waals surface area contributed by atoms with Crippen LogP contribution in [0.5, 0.6) is 0 Å². The summed E-state index contributed by atoms with van der Waals surface area (Å²) in [5.74, 6) is 1.05. The van der Waals surface area contributed by atoms with Crippen LogP contribution in [0.25, 0.3) is 10.2 Å². The third kappa shape index (κ3) is 4.01. The van der Waals surface area contributed by atoms with Gasteiger partial charge >= 0.3 is 0 Å². The number of carbonyl (C=O) groups excluding carboxylic acids is 1. The molecule has 0 radical (unpaired) electrons. The van der Waals surface area contributed by atoms with Crippen molar-refractivity contribution in [1.29, 1.82) is 0 Å². The molecule has 4 atom stereocenters. The van der Waals surface area contributed by atoms with E-state index in [0.717, 1.165) is 40.4 Å². The number of fused-ring (bicyclic) bond motifs is 3. The van der Waals surface area contributed by atoms with Gasteiger partial charge in [0.15, 0.2) is 0 Å². The number of rotatable bonds is 5. The predicted octanol–water partition coefficient (Wildman–Crippen LogP) is 4.99. The van der Waals surface area contributed by atoms with Crippen LogP contribution in [-0.4, -0.2) is 39.6 Å². The first-order valence-electron chi connectivity index (χ1n) is 10.0. The number of thiazole rings is 1. The number of aliphatic hydroxyl groups excluding tert-OH is 1. The van der Waals surface area contributed by atoms with Crippen LogP contribution in [0.15, 0.2) is 18.2 Å². The SMILES string of the molecule is CC(CC(=O)N1C(CCO)CC2CCCC1C2)c1nc2ccc(Cl)cc2s1. The Morgan fingerprint density at radius 3 is 3.07 bits per heavy atom. The topological polar surface area (TPSA) is 53.4 Å². The first-order chi connectivity index (χ1) is 13.0. The molecule has 4 rings (SSSR count). The van der Waals surface area contributed by atoms with Gasteiger partial charge in [-0.1, -0.05) is 31.4 Å². The molecule has 2 aromatic rings. The van der Waals surface area contributed by atoms with Crippen molar-refractivity contribution in [2.75, 3.05) is 6.61 Å². The Labute approximate surface area is 169 Å². The predicted molar refractivity (Wildman–Crippen MR) is 110 cm³/mol. The van der Waals surface area contributed by atoms with E-state index >= 15 is 0 Å². The number of nitrogens with zero attached hydrogens (tertiary/aromatic N) is 2. The monoisotopic (exact) mass is 406 g/mol. The molecule has 146 valence electrons.